The number of benzene rings is 2. The number of nitrogens with zero attached hydrogens (tertiary/aromatic N) is 1. The summed E-state index contributed by atoms with van der Waals surface area (Å²) in [6.45, 7) is 1.12. The second-order valence-electron chi connectivity index (χ2n) is 5.61. The van der Waals surface area contributed by atoms with Crippen LogP contribution < -0.4 is 14.8 Å². The molecule has 0 spiro atoms. The highest BCUT2D eigenvalue weighted by molar-refractivity contribution is 7.14. The van der Waals surface area contributed by atoms with Crippen molar-refractivity contribution in [3.8, 4) is 22.8 Å². The third-order valence-corrected chi connectivity index (χ3v) is 4.55. The van der Waals surface area contributed by atoms with E-state index < -0.39 is 0 Å². The first-order valence-electron chi connectivity index (χ1n) is 7.97. The van der Waals surface area contributed by atoms with Crippen LogP contribution in [0.5, 0.6) is 11.5 Å². The van der Waals surface area contributed by atoms with Gasteiger partial charge in [-0.2, -0.15) is 0 Å². The molecule has 1 amide bonds. The van der Waals surface area contributed by atoms with Gasteiger partial charge in [0.25, 0.3) is 0 Å². The molecule has 1 aliphatic rings. The van der Waals surface area contributed by atoms with E-state index in [-0.39, 0.29) is 5.91 Å². The van der Waals surface area contributed by atoms with E-state index in [9.17, 15) is 4.79 Å². The minimum atomic E-state index is -0.0747. The molecule has 0 fully saturated rings. The molecule has 2 aromatic carbocycles. The highest BCUT2D eigenvalue weighted by atomic mass is 32.1. The van der Waals surface area contributed by atoms with Crippen LogP contribution in [-0.2, 0) is 11.2 Å². The Balaban J connectivity index is 1.46. The van der Waals surface area contributed by atoms with Gasteiger partial charge in [0.2, 0.25) is 5.91 Å². The van der Waals surface area contributed by atoms with Crippen LogP contribution in [0.1, 0.15) is 5.56 Å². The van der Waals surface area contributed by atoms with E-state index in [0.29, 0.717) is 24.8 Å². The maximum atomic E-state index is 12.1. The lowest BCUT2D eigenvalue weighted by Gasteiger charge is -2.18. The van der Waals surface area contributed by atoms with Crippen molar-refractivity contribution >= 4 is 22.4 Å². The summed E-state index contributed by atoms with van der Waals surface area (Å²) in [5, 5.41) is 5.36. The van der Waals surface area contributed by atoms with Gasteiger partial charge in [0, 0.05) is 10.9 Å². The summed E-state index contributed by atoms with van der Waals surface area (Å²) < 4.78 is 11.1. The lowest BCUT2D eigenvalue weighted by atomic mass is 10.1. The van der Waals surface area contributed by atoms with Crippen molar-refractivity contribution in [2.24, 2.45) is 0 Å². The number of nitrogens with one attached hydrogen (secondary N) is 1. The zero-order valence-corrected chi connectivity index (χ0v) is 14.2. The van der Waals surface area contributed by atoms with Crippen molar-refractivity contribution in [3.63, 3.8) is 0 Å². The Labute approximate surface area is 149 Å². The van der Waals surface area contributed by atoms with Gasteiger partial charge < -0.3 is 14.8 Å². The van der Waals surface area contributed by atoms with E-state index in [0.717, 1.165) is 28.3 Å². The minimum absolute atomic E-state index is 0.0747. The SMILES string of the molecule is O=C(Cc1ccccc1)Nc1nc(-c2ccc3c(c2)OCCO3)cs1. The Bertz CT molecular complexity index is 893. The fourth-order valence-corrected chi connectivity index (χ4v) is 3.35. The Morgan fingerprint density at radius 1 is 1.08 bits per heavy atom. The molecule has 3 aromatic rings. The number of rotatable bonds is 4. The molecule has 0 saturated carbocycles. The molecule has 126 valence electrons. The molecule has 0 radical (unpaired) electrons. The first kappa shape index (κ1) is 15.7. The predicted molar refractivity (Wildman–Crippen MR) is 97.3 cm³/mol. The average molecular weight is 352 g/mol. The highest BCUT2D eigenvalue weighted by Gasteiger charge is 2.14. The number of hydrogen-bond donors (Lipinski definition) is 1. The summed E-state index contributed by atoms with van der Waals surface area (Å²) in [6, 6.07) is 15.4. The molecule has 0 aliphatic carbocycles. The highest BCUT2D eigenvalue weighted by Crippen LogP contribution is 2.35. The van der Waals surface area contributed by atoms with Crippen molar-refractivity contribution in [1.29, 1.82) is 0 Å². The van der Waals surface area contributed by atoms with Crippen molar-refractivity contribution in [1.82, 2.24) is 4.98 Å². The number of aromatic nitrogens is 1. The molecule has 2 heterocycles. The number of hydrogen-bond acceptors (Lipinski definition) is 5. The molecule has 4 rings (SSSR count). The summed E-state index contributed by atoms with van der Waals surface area (Å²) >= 11 is 1.41. The molecule has 0 bridgehead atoms. The van der Waals surface area contributed by atoms with E-state index in [2.05, 4.69) is 10.3 Å². The molecular weight excluding hydrogens is 336 g/mol. The van der Waals surface area contributed by atoms with Gasteiger partial charge in [-0.15, -0.1) is 11.3 Å². The Morgan fingerprint density at radius 3 is 2.72 bits per heavy atom. The Hall–Kier alpha value is -2.86. The van der Waals surface area contributed by atoms with Crippen LogP contribution >= 0.6 is 11.3 Å². The number of thiazole rings is 1. The molecule has 25 heavy (non-hydrogen) atoms. The van der Waals surface area contributed by atoms with Crippen molar-refractivity contribution in [2.45, 2.75) is 6.42 Å². The summed E-state index contributed by atoms with van der Waals surface area (Å²) in [7, 11) is 0. The topological polar surface area (TPSA) is 60.5 Å². The van der Waals surface area contributed by atoms with Gasteiger partial charge in [-0.1, -0.05) is 30.3 Å². The lowest BCUT2D eigenvalue weighted by Crippen LogP contribution is -2.15. The van der Waals surface area contributed by atoms with E-state index in [1.807, 2.05) is 53.9 Å². The fraction of sp³-hybridized carbons (Fsp3) is 0.158. The lowest BCUT2D eigenvalue weighted by molar-refractivity contribution is -0.115. The Morgan fingerprint density at radius 2 is 1.88 bits per heavy atom. The van der Waals surface area contributed by atoms with Crippen LogP contribution in [0.3, 0.4) is 0 Å². The largest absolute Gasteiger partial charge is 0.486 e. The van der Waals surface area contributed by atoms with Crippen molar-refractivity contribution in [2.75, 3.05) is 18.5 Å². The molecule has 0 unspecified atom stereocenters. The number of anilines is 1. The molecule has 1 aliphatic heterocycles. The summed E-state index contributed by atoms with van der Waals surface area (Å²) in [5.74, 6) is 1.40. The van der Waals surface area contributed by atoms with Crippen LogP contribution in [0, 0.1) is 0 Å². The fourth-order valence-electron chi connectivity index (χ4n) is 2.61. The van der Waals surface area contributed by atoms with E-state index in [1.54, 1.807) is 0 Å². The van der Waals surface area contributed by atoms with Gasteiger partial charge in [0.15, 0.2) is 16.6 Å². The first-order chi connectivity index (χ1) is 12.3. The number of carbonyl (C=O) groups is 1. The third-order valence-electron chi connectivity index (χ3n) is 3.80. The van der Waals surface area contributed by atoms with Gasteiger partial charge in [0.1, 0.15) is 13.2 Å². The maximum Gasteiger partial charge on any atom is 0.230 e. The minimum Gasteiger partial charge on any atom is -0.486 e. The average Bonchev–Trinajstić information content (AvgIpc) is 3.10. The smallest absolute Gasteiger partial charge is 0.230 e. The summed E-state index contributed by atoms with van der Waals surface area (Å²) in [5.41, 5.74) is 2.71. The number of carbonyl (C=O) groups excluding carboxylic acids is 1. The zero-order valence-electron chi connectivity index (χ0n) is 13.4. The van der Waals surface area contributed by atoms with Crippen molar-refractivity contribution < 1.29 is 14.3 Å². The first-order valence-corrected chi connectivity index (χ1v) is 8.85. The van der Waals surface area contributed by atoms with Crippen molar-refractivity contribution in [3.05, 3.63) is 59.5 Å². The second-order valence-corrected chi connectivity index (χ2v) is 6.46. The zero-order chi connectivity index (χ0) is 17.1. The van der Waals surface area contributed by atoms with Gasteiger partial charge >= 0.3 is 0 Å². The van der Waals surface area contributed by atoms with Gasteiger partial charge in [-0.25, -0.2) is 4.98 Å². The normalized spacial score (nSPS) is 12.6. The van der Waals surface area contributed by atoms with Crippen LogP contribution in [0.2, 0.25) is 0 Å². The van der Waals surface area contributed by atoms with Crippen LogP contribution in [0.4, 0.5) is 5.13 Å². The molecule has 0 atom stereocenters. The molecule has 1 aromatic heterocycles. The van der Waals surface area contributed by atoms with Gasteiger partial charge in [-0.3, -0.25) is 4.79 Å². The predicted octanol–water partition coefficient (Wildman–Crippen LogP) is 3.76. The Kier molecular flexibility index (Phi) is 4.35. The van der Waals surface area contributed by atoms with Crippen LogP contribution in [0.15, 0.2) is 53.9 Å². The van der Waals surface area contributed by atoms with E-state index >= 15 is 0 Å². The standard InChI is InChI=1S/C19H16N2O3S/c22-18(10-13-4-2-1-3-5-13)21-19-20-15(12-25-19)14-6-7-16-17(11-14)24-9-8-23-16/h1-7,11-12H,8-10H2,(H,20,21,22). The molecule has 1 N–H and O–H groups in total. The summed E-state index contributed by atoms with van der Waals surface area (Å²) in [6.07, 6.45) is 0.333. The number of amides is 1. The number of ether oxygens (including phenoxy) is 2. The van der Waals surface area contributed by atoms with Gasteiger partial charge in [0.05, 0.1) is 12.1 Å². The molecular formula is C19H16N2O3S. The summed E-state index contributed by atoms with van der Waals surface area (Å²) in [4.78, 5) is 16.6. The monoisotopic (exact) mass is 352 g/mol. The maximum absolute atomic E-state index is 12.1. The van der Waals surface area contributed by atoms with Crippen LogP contribution in [0.25, 0.3) is 11.3 Å². The van der Waals surface area contributed by atoms with E-state index in [4.69, 9.17) is 9.47 Å². The third kappa shape index (κ3) is 3.64. The molecule has 0 saturated heterocycles. The molecule has 6 heteroatoms. The quantitative estimate of drug-likeness (QED) is 0.777. The van der Waals surface area contributed by atoms with E-state index in [1.165, 1.54) is 11.3 Å². The second kappa shape index (κ2) is 6.94. The van der Waals surface area contributed by atoms with Gasteiger partial charge in [-0.05, 0) is 23.8 Å². The number of fused-ring (bicyclic) bond motifs is 1. The molecule has 5 nitrogen and oxygen atoms in total. The van der Waals surface area contributed by atoms with Crippen LogP contribution in [-0.4, -0.2) is 24.1 Å².